The van der Waals surface area contributed by atoms with Crippen LogP contribution in [0.5, 0.6) is 46.0 Å². The lowest BCUT2D eigenvalue weighted by atomic mass is 10.1. The van der Waals surface area contributed by atoms with Crippen LogP contribution in [0, 0.1) is 0 Å². The second kappa shape index (κ2) is 22.8. The van der Waals surface area contributed by atoms with E-state index in [-0.39, 0.29) is 20.7 Å². The predicted molar refractivity (Wildman–Crippen MR) is 256 cm³/mol. The van der Waals surface area contributed by atoms with Crippen molar-refractivity contribution in [2.24, 2.45) is 13.5 Å². The molecule has 9 rings (SSSR count). The molecule has 3 unspecified atom stereocenters. The lowest BCUT2D eigenvalue weighted by molar-refractivity contribution is 0.113. The van der Waals surface area contributed by atoms with Crippen LogP contribution in [0.3, 0.4) is 0 Å². The summed E-state index contributed by atoms with van der Waals surface area (Å²) in [6, 6.07) is 49.6. The van der Waals surface area contributed by atoms with Crippen molar-refractivity contribution >= 4 is 23.8 Å². The number of epoxide rings is 2. The maximum Gasteiger partial charge on any atom is 0.460 e. The molecule has 3 heterocycles. The lowest BCUT2D eigenvalue weighted by Crippen LogP contribution is -2.06. The van der Waals surface area contributed by atoms with Gasteiger partial charge in [-0.2, -0.15) is 0 Å². The Morgan fingerprint density at radius 2 is 0.924 bits per heavy atom. The number of ether oxygens (including phenoxy) is 6. The van der Waals surface area contributed by atoms with E-state index in [1.807, 2.05) is 146 Å². The van der Waals surface area contributed by atoms with Crippen LogP contribution < -0.4 is 27.6 Å². The predicted octanol–water partition coefficient (Wildman–Crippen LogP) is 14.3. The number of unbranched alkanes of at least 4 members (excludes halogenated alkanes) is 2. The molecule has 2 fully saturated rings. The highest BCUT2D eigenvalue weighted by atomic mass is 31.3. The zero-order valence-electron chi connectivity index (χ0n) is 36.4. The Morgan fingerprint density at radius 3 is 1.45 bits per heavy atom. The van der Waals surface area contributed by atoms with E-state index in [1.165, 1.54) is 0 Å². The van der Waals surface area contributed by atoms with Gasteiger partial charge in [0.25, 0.3) is 0 Å². The Bertz CT molecular complexity index is 2590. The van der Waals surface area contributed by atoms with Crippen molar-refractivity contribution in [2.45, 2.75) is 50.7 Å². The van der Waals surface area contributed by atoms with Gasteiger partial charge in [-0.1, -0.05) is 102 Å². The third kappa shape index (κ3) is 13.3. The summed E-state index contributed by atoms with van der Waals surface area (Å²) in [5.74, 6) is 3.91. The van der Waals surface area contributed by atoms with Gasteiger partial charge in [-0.15, -0.1) is 9.03 Å². The maximum atomic E-state index is 7.10. The molecule has 0 aliphatic carbocycles. The molecule has 2 saturated heterocycles. The van der Waals surface area contributed by atoms with Crippen molar-refractivity contribution in [3.8, 4) is 46.0 Å². The first-order chi connectivity index (χ1) is 32.6. The molecule has 342 valence electrons. The van der Waals surface area contributed by atoms with E-state index in [0.717, 1.165) is 62.9 Å². The summed E-state index contributed by atoms with van der Waals surface area (Å²) < 4.78 is 78.3. The molecule has 6 aromatic rings. The average Bonchev–Trinajstić information content (AvgIpc) is 4.29. The van der Waals surface area contributed by atoms with Crippen molar-refractivity contribution in [3.63, 3.8) is 0 Å². The molecule has 3 aliphatic rings. The molecular formula is C50H52N3O10P3. The summed E-state index contributed by atoms with van der Waals surface area (Å²) in [6.07, 6.45) is 5.67. The Balaban J connectivity index is 1.08. The largest absolute Gasteiger partial charge is 0.460 e. The van der Waals surface area contributed by atoms with Gasteiger partial charge in [-0.25, -0.2) is 0 Å². The number of hydrogen-bond donors (Lipinski definition) is 0. The van der Waals surface area contributed by atoms with Crippen LogP contribution in [-0.4, -0.2) is 51.8 Å². The highest BCUT2D eigenvalue weighted by Crippen LogP contribution is 2.71. The minimum Gasteiger partial charge on any atom is -0.453 e. The van der Waals surface area contributed by atoms with Gasteiger partial charge in [0.05, 0.1) is 26.4 Å². The van der Waals surface area contributed by atoms with Crippen LogP contribution in [0.15, 0.2) is 171 Å². The topological polar surface area (TPSA) is 136 Å². The van der Waals surface area contributed by atoms with E-state index in [9.17, 15) is 0 Å². The first-order valence-corrected chi connectivity index (χ1v) is 26.1. The van der Waals surface area contributed by atoms with E-state index in [1.54, 1.807) is 0 Å². The molecule has 16 heteroatoms. The summed E-state index contributed by atoms with van der Waals surface area (Å²) in [6.45, 7) is 4.19. The standard InChI is InChI=1S/C50H52N3O10P3/c1-4-23-41(24-5-1)60-65(61-42-25-6-2-7-26-42)51-64-52-66(53-65,62-43-27-8-3-9-28-43)63-49-32-18-31-48(58-46-29-12-10-19-39(46)21-14-16-33-54-35-44-37-56-44)50(49)59-47-30-13-11-20-40(47)22-15-17-34-55-36-45-38-57-45/h1-13,18-20,23-32,44-45H,14-17,21-22,33-38H2. The van der Waals surface area contributed by atoms with Gasteiger partial charge >= 0.3 is 15.3 Å². The van der Waals surface area contributed by atoms with Crippen molar-refractivity contribution in [3.05, 3.63) is 169 Å². The summed E-state index contributed by atoms with van der Waals surface area (Å²) in [7, 11) is -7.12. The normalized spacial score (nSPS) is 19.1. The molecule has 0 radical (unpaired) electrons. The van der Waals surface area contributed by atoms with E-state index < -0.39 is 15.3 Å². The summed E-state index contributed by atoms with van der Waals surface area (Å²) in [5.41, 5.74) is 2.07. The molecule has 66 heavy (non-hydrogen) atoms. The third-order valence-electron chi connectivity index (χ3n) is 10.4. The number of nitrogens with zero attached hydrogens (tertiary/aromatic N) is 3. The molecule has 0 saturated carbocycles. The molecule has 6 aromatic carbocycles. The Kier molecular flexibility index (Phi) is 15.8. The molecule has 3 atom stereocenters. The van der Waals surface area contributed by atoms with Gasteiger partial charge < -0.3 is 46.5 Å². The first-order valence-electron chi connectivity index (χ1n) is 22.2. The average molecular weight is 948 g/mol. The van der Waals surface area contributed by atoms with Gasteiger partial charge in [0.15, 0.2) is 20.0 Å². The summed E-state index contributed by atoms with van der Waals surface area (Å²) >= 11 is 0. The molecule has 0 amide bonds. The van der Waals surface area contributed by atoms with Gasteiger partial charge in [-0.3, -0.25) is 0 Å². The van der Waals surface area contributed by atoms with Crippen molar-refractivity contribution < 1.29 is 46.5 Å². The van der Waals surface area contributed by atoms with Gasteiger partial charge in [-0.05, 0) is 110 Å². The Hall–Kier alpha value is -5.48. The molecule has 3 aliphatic heterocycles. The van der Waals surface area contributed by atoms with Gasteiger partial charge in [0, 0.05) is 13.2 Å². The molecule has 0 N–H and O–H groups in total. The Labute approximate surface area is 387 Å². The highest BCUT2D eigenvalue weighted by Gasteiger charge is 2.40. The second-order valence-corrected chi connectivity index (χ2v) is 20.6. The number of aryl methyl sites for hydroxylation is 2. The number of para-hydroxylation sites is 6. The number of rotatable bonds is 26. The van der Waals surface area contributed by atoms with E-state index in [4.69, 9.17) is 60.1 Å². The fourth-order valence-corrected chi connectivity index (χ4v) is 13.0. The van der Waals surface area contributed by atoms with Crippen molar-refractivity contribution in [1.29, 1.82) is 0 Å². The van der Waals surface area contributed by atoms with Crippen LogP contribution in [0.2, 0.25) is 0 Å². The summed E-state index contributed by atoms with van der Waals surface area (Å²) in [4.78, 5) is 0. The van der Waals surface area contributed by atoms with Crippen LogP contribution in [-0.2, 0) is 31.8 Å². The molecule has 0 bridgehead atoms. The second-order valence-electron chi connectivity index (χ2n) is 15.6. The first kappa shape index (κ1) is 45.7. The minimum absolute atomic E-state index is 0.241. The van der Waals surface area contributed by atoms with Gasteiger partial charge in [0.2, 0.25) is 5.75 Å². The van der Waals surface area contributed by atoms with Gasteiger partial charge in [0.1, 0.15) is 41.0 Å². The van der Waals surface area contributed by atoms with Crippen LogP contribution in [0.1, 0.15) is 36.8 Å². The zero-order valence-corrected chi connectivity index (χ0v) is 39.1. The quantitative estimate of drug-likeness (QED) is 0.0294. The number of hydrogen-bond acceptors (Lipinski definition) is 13. The minimum atomic E-state index is -3.78. The third-order valence-corrected chi connectivity index (χ3v) is 16.4. The lowest BCUT2D eigenvalue weighted by Gasteiger charge is -2.28. The SMILES string of the molecule is c1ccc(OP2(Oc3ccccc3)=NP(Oc3ccccc3)(Oc3cccc(Oc4ccccc4CCCCOCC4CO4)c3Oc3ccccc3CCCCOCC3CO3)=NP=N2)cc1. The molecular weight excluding hydrogens is 895 g/mol. The molecule has 13 nitrogen and oxygen atoms in total. The van der Waals surface area contributed by atoms with E-state index >= 15 is 0 Å². The smallest absolute Gasteiger partial charge is 0.453 e. The number of benzene rings is 6. The van der Waals surface area contributed by atoms with E-state index in [2.05, 4.69) is 12.1 Å². The van der Waals surface area contributed by atoms with E-state index in [0.29, 0.717) is 72.4 Å². The fourth-order valence-electron chi connectivity index (χ4n) is 6.86. The molecule has 0 spiro atoms. The molecule has 0 aromatic heterocycles. The highest BCUT2D eigenvalue weighted by molar-refractivity contribution is 7.73. The van der Waals surface area contributed by atoms with Crippen molar-refractivity contribution in [1.82, 2.24) is 0 Å². The van der Waals surface area contributed by atoms with Crippen LogP contribution in [0.25, 0.3) is 0 Å². The van der Waals surface area contributed by atoms with Crippen LogP contribution in [0.4, 0.5) is 0 Å². The van der Waals surface area contributed by atoms with Crippen LogP contribution >= 0.6 is 23.8 Å². The monoisotopic (exact) mass is 947 g/mol. The zero-order chi connectivity index (χ0) is 44.7. The van der Waals surface area contributed by atoms with Crippen molar-refractivity contribution in [2.75, 3.05) is 39.6 Å². The maximum absolute atomic E-state index is 7.10. The Morgan fingerprint density at radius 1 is 0.470 bits per heavy atom. The fraction of sp³-hybridized carbons (Fsp3) is 0.280. The summed E-state index contributed by atoms with van der Waals surface area (Å²) in [5, 5.41) is 0.